The molecule has 2 rings (SSSR count). The number of para-hydroxylation sites is 1. The summed E-state index contributed by atoms with van der Waals surface area (Å²) in [6, 6.07) is 7.40. The van der Waals surface area contributed by atoms with Gasteiger partial charge in [-0.15, -0.1) is 0 Å². The van der Waals surface area contributed by atoms with Gasteiger partial charge in [0, 0.05) is 16.6 Å². The van der Waals surface area contributed by atoms with E-state index in [4.69, 9.17) is 0 Å². The molecule has 2 N–H and O–H groups in total. The minimum Gasteiger partial charge on any atom is -0.325 e. The molecular weight excluding hydrogens is 346 g/mol. The topological polar surface area (TPSA) is 79.0 Å². The highest BCUT2D eigenvalue weighted by molar-refractivity contribution is 9.10. The first-order chi connectivity index (χ1) is 9.58. The molecule has 2 aromatic rings. The summed E-state index contributed by atoms with van der Waals surface area (Å²) in [5.41, 5.74) is 0.304. The first-order valence-corrected chi connectivity index (χ1v) is 7.60. The largest absolute Gasteiger partial charge is 0.441 e. The first-order valence-electron chi connectivity index (χ1n) is 5.82. The van der Waals surface area contributed by atoms with Crippen LogP contribution in [0.3, 0.4) is 0 Å². The summed E-state index contributed by atoms with van der Waals surface area (Å²) in [4.78, 5) is 23.1. The van der Waals surface area contributed by atoms with Gasteiger partial charge in [-0.3, -0.25) is 9.32 Å². The molecule has 0 bridgehead atoms. The van der Waals surface area contributed by atoms with Gasteiger partial charge in [0.05, 0.1) is 5.69 Å². The Bertz CT molecular complexity index is 668. The third kappa shape index (κ3) is 3.73. The van der Waals surface area contributed by atoms with E-state index in [1.54, 1.807) is 7.05 Å². The van der Waals surface area contributed by atoms with Crippen LogP contribution < -0.4 is 15.6 Å². The molecule has 0 atom stereocenters. The van der Waals surface area contributed by atoms with Crippen LogP contribution in [0, 0.1) is 0 Å². The molecule has 0 aliphatic rings. The van der Waals surface area contributed by atoms with Crippen molar-refractivity contribution >= 4 is 39.3 Å². The van der Waals surface area contributed by atoms with Crippen molar-refractivity contribution in [2.45, 2.75) is 11.4 Å². The fourth-order valence-electron chi connectivity index (χ4n) is 1.50. The number of H-pyrrole nitrogens is 1. The van der Waals surface area contributed by atoms with Crippen LogP contribution >= 0.6 is 27.7 Å². The van der Waals surface area contributed by atoms with Gasteiger partial charge in [-0.2, -0.15) is 0 Å². The lowest BCUT2D eigenvalue weighted by Gasteiger charge is -2.05. The first kappa shape index (κ1) is 14.9. The maximum absolute atomic E-state index is 11.8. The normalized spacial score (nSPS) is 10.5. The number of benzene rings is 1. The van der Waals surface area contributed by atoms with Gasteiger partial charge in [0.15, 0.2) is 7.05 Å². The molecule has 0 unspecified atom stereocenters. The molecular formula is C12H13BrN3O3S+. The van der Waals surface area contributed by atoms with E-state index in [0.29, 0.717) is 17.2 Å². The van der Waals surface area contributed by atoms with Crippen molar-refractivity contribution in [3.63, 3.8) is 0 Å². The smallest absolute Gasteiger partial charge is 0.325 e. The van der Waals surface area contributed by atoms with E-state index >= 15 is 0 Å². The summed E-state index contributed by atoms with van der Waals surface area (Å²) < 4.78 is 6.94. The number of rotatable bonds is 5. The van der Waals surface area contributed by atoms with Crippen LogP contribution in [0.15, 0.2) is 43.1 Å². The summed E-state index contributed by atoms with van der Waals surface area (Å²) in [7, 11) is 1.67. The Balaban J connectivity index is 1.85. The molecule has 6 nitrogen and oxygen atoms in total. The highest BCUT2D eigenvalue weighted by atomic mass is 79.9. The van der Waals surface area contributed by atoms with Crippen molar-refractivity contribution < 1.29 is 14.0 Å². The third-order valence-corrected chi connectivity index (χ3v) is 4.28. The Kier molecular flexibility index (Phi) is 5.02. The molecule has 0 saturated carbocycles. The minimum absolute atomic E-state index is 0.105. The molecule has 0 saturated heterocycles. The van der Waals surface area contributed by atoms with E-state index < -0.39 is 5.63 Å². The molecule has 1 amide bonds. The second-order valence-electron chi connectivity index (χ2n) is 3.97. The number of carbonyl (C=O) groups excluding carboxylic acids is 1. The SMILES string of the molecule is C[n+]1[nH]oc(=O)c1SCCC(=O)Nc1ccccc1Br. The second kappa shape index (κ2) is 6.76. The fraction of sp³-hybridized carbons (Fsp3) is 0.250. The number of hydrogen-bond donors (Lipinski definition) is 2. The lowest BCUT2D eigenvalue weighted by atomic mass is 10.3. The zero-order valence-corrected chi connectivity index (χ0v) is 13.1. The van der Waals surface area contributed by atoms with Crippen molar-refractivity contribution in [3.8, 4) is 0 Å². The monoisotopic (exact) mass is 358 g/mol. The predicted molar refractivity (Wildman–Crippen MR) is 78.6 cm³/mol. The second-order valence-corrected chi connectivity index (χ2v) is 5.91. The molecule has 106 valence electrons. The van der Waals surface area contributed by atoms with E-state index in [2.05, 4.69) is 31.0 Å². The molecule has 1 aromatic carbocycles. The molecule has 0 radical (unpaired) electrons. The van der Waals surface area contributed by atoms with Crippen molar-refractivity contribution in [2.75, 3.05) is 11.1 Å². The molecule has 0 fully saturated rings. The van der Waals surface area contributed by atoms with Gasteiger partial charge in [-0.25, -0.2) is 4.79 Å². The van der Waals surface area contributed by atoms with E-state index in [9.17, 15) is 9.59 Å². The molecule has 0 aliphatic carbocycles. The number of aromatic nitrogens is 2. The summed E-state index contributed by atoms with van der Waals surface area (Å²) in [6.07, 6.45) is 0.302. The summed E-state index contributed by atoms with van der Waals surface area (Å²) in [6.45, 7) is 0. The molecule has 1 heterocycles. The molecule has 0 aliphatic heterocycles. The van der Waals surface area contributed by atoms with Gasteiger partial charge < -0.3 is 5.32 Å². The van der Waals surface area contributed by atoms with Crippen LogP contribution in [0.25, 0.3) is 0 Å². The van der Waals surface area contributed by atoms with Crippen molar-refractivity contribution in [2.24, 2.45) is 7.05 Å². The number of hydrogen-bond acceptors (Lipinski definition) is 4. The number of carbonyl (C=O) groups is 1. The molecule has 8 heteroatoms. The highest BCUT2D eigenvalue weighted by Crippen LogP contribution is 2.21. The molecule has 20 heavy (non-hydrogen) atoms. The summed E-state index contributed by atoms with van der Waals surface area (Å²) >= 11 is 4.64. The Morgan fingerprint density at radius 2 is 2.25 bits per heavy atom. The standard InChI is InChI=1S/C12H12BrN3O3S/c1-16-11(12(18)19-15-16)20-7-6-10(17)14-9-5-3-2-4-8(9)13/h2-5H,6-7H2,1H3,(H-,14,15,17,18)/p+1. The van der Waals surface area contributed by atoms with E-state index in [-0.39, 0.29) is 5.91 Å². The minimum atomic E-state index is -0.427. The molecule has 0 spiro atoms. The van der Waals surface area contributed by atoms with Crippen molar-refractivity contribution in [1.29, 1.82) is 0 Å². The van der Waals surface area contributed by atoms with E-state index in [1.165, 1.54) is 16.4 Å². The summed E-state index contributed by atoms with van der Waals surface area (Å²) in [5, 5.41) is 5.67. The van der Waals surface area contributed by atoms with Gasteiger partial charge in [0.1, 0.15) is 0 Å². The Hall–Kier alpha value is -1.54. The average molecular weight is 359 g/mol. The number of nitrogens with one attached hydrogen (secondary N) is 2. The van der Waals surface area contributed by atoms with Crippen LogP contribution in [-0.4, -0.2) is 16.9 Å². The van der Waals surface area contributed by atoms with Crippen LogP contribution in [0.2, 0.25) is 0 Å². The van der Waals surface area contributed by atoms with Crippen molar-refractivity contribution in [3.05, 3.63) is 39.2 Å². The Morgan fingerprint density at radius 3 is 2.90 bits per heavy atom. The van der Waals surface area contributed by atoms with Gasteiger partial charge >= 0.3 is 10.7 Å². The van der Waals surface area contributed by atoms with Gasteiger partial charge in [0.2, 0.25) is 5.91 Å². The lowest BCUT2D eigenvalue weighted by molar-refractivity contribution is -0.772. The Morgan fingerprint density at radius 1 is 1.50 bits per heavy atom. The average Bonchev–Trinajstić information content (AvgIpc) is 2.73. The number of nitrogens with zero attached hydrogens (tertiary/aromatic N) is 1. The van der Waals surface area contributed by atoms with Crippen LogP contribution in [0.5, 0.6) is 0 Å². The maximum atomic E-state index is 11.8. The number of anilines is 1. The van der Waals surface area contributed by atoms with Gasteiger partial charge in [-0.1, -0.05) is 16.8 Å². The van der Waals surface area contributed by atoms with Gasteiger partial charge in [0.25, 0.3) is 0 Å². The van der Waals surface area contributed by atoms with Gasteiger partial charge in [-0.05, 0) is 45.1 Å². The van der Waals surface area contributed by atoms with Crippen LogP contribution in [0.1, 0.15) is 6.42 Å². The van der Waals surface area contributed by atoms with Crippen LogP contribution in [-0.2, 0) is 11.8 Å². The fourth-order valence-corrected chi connectivity index (χ4v) is 2.76. The zero-order chi connectivity index (χ0) is 14.5. The molecule has 1 aromatic heterocycles. The van der Waals surface area contributed by atoms with Crippen LogP contribution in [0.4, 0.5) is 5.69 Å². The highest BCUT2D eigenvalue weighted by Gasteiger charge is 2.18. The maximum Gasteiger partial charge on any atom is 0.441 e. The third-order valence-electron chi connectivity index (χ3n) is 2.47. The number of thioether (sulfide) groups is 1. The zero-order valence-electron chi connectivity index (χ0n) is 10.7. The number of halogens is 1. The van der Waals surface area contributed by atoms with E-state index in [0.717, 1.165) is 10.2 Å². The number of amides is 1. The Labute approximate surface area is 127 Å². The summed E-state index contributed by atoms with van der Waals surface area (Å²) in [5.74, 6) is 0.388. The lowest BCUT2D eigenvalue weighted by Crippen LogP contribution is -2.33. The van der Waals surface area contributed by atoms with Crippen molar-refractivity contribution in [1.82, 2.24) is 5.27 Å². The quantitative estimate of drug-likeness (QED) is 0.629. The predicted octanol–water partition coefficient (Wildman–Crippen LogP) is 1.68. The van der Waals surface area contributed by atoms with E-state index in [1.807, 2.05) is 24.3 Å². The number of aromatic amines is 1. The number of aryl methyl sites for hydroxylation is 1.